The normalized spacial score (nSPS) is 13.2. The Bertz CT molecular complexity index is 1880. The van der Waals surface area contributed by atoms with E-state index in [1.54, 1.807) is 6.54 Å². The minimum atomic E-state index is -4.77. The van der Waals surface area contributed by atoms with Crippen molar-refractivity contribution in [3.63, 3.8) is 0 Å². The van der Waals surface area contributed by atoms with Gasteiger partial charge in [-0.15, -0.1) is 0 Å². The predicted octanol–water partition coefficient (Wildman–Crippen LogP) is 6.94. The summed E-state index contributed by atoms with van der Waals surface area (Å²) < 4.78 is 8.80. The van der Waals surface area contributed by atoms with E-state index in [2.05, 4.69) is 156 Å². The molecule has 0 saturated carbocycles. The van der Waals surface area contributed by atoms with Gasteiger partial charge < -0.3 is 0 Å². The molecule has 0 aliphatic heterocycles. The molecule has 6 aromatic carbocycles. The van der Waals surface area contributed by atoms with E-state index in [-0.39, 0.29) is 0 Å². The van der Waals surface area contributed by atoms with Crippen LogP contribution in [0.15, 0.2) is 146 Å². The van der Waals surface area contributed by atoms with Crippen molar-refractivity contribution in [2.45, 2.75) is 19.8 Å². The molecular weight excluding hydrogens is 572 g/mol. The molecule has 0 amide bonds. The van der Waals surface area contributed by atoms with E-state index >= 15 is 0 Å². The van der Waals surface area contributed by atoms with E-state index in [4.69, 9.17) is 0 Å². The molecular formula is C40H32Zr. The topological polar surface area (TPSA) is 0 Å². The van der Waals surface area contributed by atoms with E-state index < -0.39 is 18.3 Å². The van der Waals surface area contributed by atoms with Gasteiger partial charge in [0.25, 0.3) is 0 Å². The summed E-state index contributed by atoms with van der Waals surface area (Å²) >= 11 is -4.77. The first-order valence-corrected chi connectivity index (χ1v) is 21.1. The molecule has 0 aromatic heterocycles. The van der Waals surface area contributed by atoms with Crippen molar-refractivity contribution in [3.8, 4) is 22.3 Å². The first kappa shape index (κ1) is 24.8. The van der Waals surface area contributed by atoms with Crippen LogP contribution in [0.25, 0.3) is 22.3 Å². The van der Waals surface area contributed by atoms with Gasteiger partial charge in [0.05, 0.1) is 0 Å². The number of rotatable bonds is 4. The fraction of sp³-hybridized carbons (Fsp3) is 0.0750. The summed E-state index contributed by atoms with van der Waals surface area (Å²) in [5, 5.41) is 0. The minimum absolute atomic E-state index is 0.980. The molecule has 8 rings (SSSR count). The van der Waals surface area contributed by atoms with Crippen LogP contribution in [0.4, 0.5) is 0 Å². The van der Waals surface area contributed by atoms with Crippen molar-refractivity contribution in [2.24, 2.45) is 0 Å². The monoisotopic (exact) mass is 602 g/mol. The zero-order chi connectivity index (χ0) is 27.5. The molecule has 6 aromatic rings. The Morgan fingerprint density at radius 3 is 1.24 bits per heavy atom. The predicted molar refractivity (Wildman–Crippen MR) is 173 cm³/mol. The molecule has 2 aliphatic carbocycles. The Hall–Kier alpha value is -3.93. The summed E-state index contributed by atoms with van der Waals surface area (Å²) in [6.45, 7) is 2.37. The standard InChI is InChI=1S/2C13H9.2C6H5.C2H4.Zr/c2*1-3-7-12-10(5-1)9-11-6-2-4-8-13(11)12;2*1-2-4-6-5-3-1;1-2;/h2*1-5,7-8H,9H2;2*1-5H;1H,2H3;. The van der Waals surface area contributed by atoms with Gasteiger partial charge in [0.2, 0.25) is 0 Å². The maximum atomic E-state index is 2.71. The molecule has 41 heavy (non-hydrogen) atoms. The van der Waals surface area contributed by atoms with Gasteiger partial charge in [0.15, 0.2) is 0 Å². The summed E-state index contributed by atoms with van der Waals surface area (Å²) in [5.74, 6) is 0. The van der Waals surface area contributed by atoms with Crippen LogP contribution >= 0.6 is 0 Å². The van der Waals surface area contributed by atoms with E-state index in [0.29, 0.717) is 0 Å². The van der Waals surface area contributed by atoms with E-state index in [9.17, 15) is 0 Å². The van der Waals surface area contributed by atoms with Crippen LogP contribution in [0.5, 0.6) is 0 Å². The molecule has 0 heterocycles. The van der Waals surface area contributed by atoms with E-state index in [1.807, 2.05) is 0 Å². The number of fused-ring (bicyclic) bond motifs is 6. The Morgan fingerprint density at radius 1 is 0.415 bits per heavy atom. The van der Waals surface area contributed by atoms with Gasteiger partial charge >= 0.3 is 245 Å². The molecule has 0 fully saturated rings. The average Bonchev–Trinajstić information content (AvgIpc) is 3.62. The van der Waals surface area contributed by atoms with Crippen LogP contribution in [-0.4, -0.2) is 3.71 Å². The molecule has 0 bridgehead atoms. The third-order valence-electron chi connectivity index (χ3n) is 10.1. The van der Waals surface area contributed by atoms with Crippen molar-refractivity contribution in [1.29, 1.82) is 0 Å². The molecule has 0 unspecified atom stereocenters. The van der Waals surface area contributed by atoms with Gasteiger partial charge in [-0.05, 0) is 0 Å². The number of hydrogen-bond donors (Lipinski definition) is 0. The van der Waals surface area contributed by atoms with Crippen molar-refractivity contribution in [2.75, 3.05) is 0 Å². The number of hydrogen-bond acceptors (Lipinski definition) is 0. The second-order valence-corrected chi connectivity index (χ2v) is 25.1. The van der Waals surface area contributed by atoms with Crippen LogP contribution < -0.4 is 13.1 Å². The molecule has 0 N–H and O–H groups in total. The van der Waals surface area contributed by atoms with E-state index in [1.165, 1.54) is 51.1 Å². The zero-order valence-electron chi connectivity index (χ0n) is 23.3. The molecule has 2 aliphatic rings. The Labute approximate surface area is 243 Å². The average molecular weight is 604 g/mol. The second-order valence-electron chi connectivity index (χ2n) is 11.7. The summed E-state index contributed by atoms with van der Waals surface area (Å²) in [5.41, 5.74) is 11.5. The molecule has 0 nitrogen and oxygen atoms in total. The summed E-state index contributed by atoms with van der Waals surface area (Å²) in [6, 6.07) is 55.5. The van der Waals surface area contributed by atoms with Gasteiger partial charge in [-0.3, -0.25) is 0 Å². The number of benzene rings is 6. The Kier molecular flexibility index (Phi) is 5.63. The third kappa shape index (κ3) is 3.22. The molecule has 196 valence electrons. The quantitative estimate of drug-likeness (QED) is 0.204. The van der Waals surface area contributed by atoms with E-state index in [0.717, 1.165) is 12.8 Å². The Balaban J connectivity index is 1.60. The van der Waals surface area contributed by atoms with Crippen LogP contribution in [0.1, 0.15) is 29.2 Å². The first-order valence-electron chi connectivity index (χ1n) is 14.7. The third-order valence-corrected chi connectivity index (χ3v) is 28.3. The molecule has 0 radical (unpaired) electrons. The summed E-state index contributed by atoms with van der Waals surface area (Å²) in [4.78, 5) is 0. The van der Waals surface area contributed by atoms with Crippen LogP contribution in [0.2, 0.25) is 0 Å². The van der Waals surface area contributed by atoms with Gasteiger partial charge in [0, 0.05) is 0 Å². The van der Waals surface area contributed by atoms with Gasteiger partial charge in [-0.25, -0.2) is 0 Å². The first-order chi connectivity index (χ1) is 20.3. The SMILES string of the molecule is C[CH]=[Zr]([c]1ccccc1)([c]1ccccc1)([c]1cccc2c1Cc1ccccc1-2)[c]1cccc2c1Cc1ccccc1-2. The fourth-order valence-corrected chi connectivity index (χ4v) is 26.9. The van der Waals surface area contributed by atoms with Crippen LogP contribution in [0, 0.1) is 0 Å². The van der Waals surface area contributed by atoms with Crippen molar-refractivity contribution in [1.82, 2.24) is 0 Å². The van der Waals surface area contributed by atoms with Gasteiger partial charge in [0.1, 0.15) is 0 Å². The van der Waals surface area contributed by atoms with Crippen molar-refractivity contribution >= 4 is 16.8 Å². The van der Waals surface area contributed by atoms with Gasteiger partial charge in [-0.2, -0.15) is 0 Å². The molecule has 1 heteroatoms. The van der Waals surface area contributed by atoms with Crippen LogP contribution in [-0.2, 0) is 31.1 Å². The second kappa shape index (κ2) is 9.30. The Morgan fingerprint density at radius 2 is 0.805 bits per heavy atom. The molecule has 0 saturated heterocycles. The molecule has 0 atom stereocenters. The van der Waals surface area contributed by atoms with Gasteiger partial charge in [-0.1, -0.05) is 0 Å². The molecule has 0 spiro atoms. The summed E-state index contributed by atoms with van der Waals surface area (Å²) in [6.07, 6.45) is 1.96. The van der Waals surface area contributed by atoms with Crippen LogP contribution in [0.3, 0.4) is 0 Å². The maximum absolute atomic E-state index is 4.77. The zero-order valence-corrected chi connectivity index (χ0v) is 25.8. The van der Waals surface area contributed by atoms with Crippen molar-refractivity contribution in [3.05, 3.63) is 168 Å². The van der Waals surface area contributed by atoms with Crippen molar-refractivity contribution < 1.29 is 18.3 Å². The fourth-order valence-electron chi connectivity index (χ4n) is 8.43. The summed E-state index contributed by atoms with van der Waals surface area (Å²) in [7, 11) is 0.